The van der Waals surface area contributed by atoms with Gasteiger partial charge in [-0.2, -0.15) is 0 Å². The van der Waals surface area contributed by atoms with Crippen LogP contribution in [0.4, 0.5) is 5.69 Å². The van der Waals surface area contributed by atoms with Crippen molar-refractivity contribution < 1.29 is 4.74 Å². The third-order valence-electron chi connectivity index (χ3n) is 3.19. The molecule has 98 valence electrons. The lowest BCUT2D eigenvalue weighted by atomic mass is 10.0. The lowest BCUT2D eigenvalue weighted by Crippen LogP contribution is -2.10. The van der Waals surface area contributed by atoms with Gasteiger partial charge in [-0.1, -0.05) is 29.8 Å². The van der Waals surface area contributed by atoms with Gasteiger partial charge in [0.1, 0.15) is 5.75 Å². The maximum absolute atomic E-state index is 6.10. The van der Waals surface area contributed by atoms with Gasteiger partial charge in [0.05, 0.1) is 11.6 Å². The van der Waals surface area contributed by atoms with Gasteiger partial charge in [-0.25, -0.2) is 0 Å². The summed E-state index contributed by atoms with van der Waals surface area (Å²) < 4.78 is 5.83. The molecule has 0 saturated carbocycles. The number of nitrogens with two attached hydrogens (primary N) is 1. The first kappa shape index (κ1) is 12.7. The van der Waals surface area contributed by atoms with E-state index in [0.717, 1.165) is 5.75 Å². The SMILES string of the molecule is Nc1ccc(Cl)c(OCC2CSc3ccccc32)c1. The Morgan fingerprint density at radius 2 is 2.11 bits per heavy atom. The molecule has 0 amide bonds. The van der Waals surface area contributed by atoms with Crippen LogP contribution in [0.25, 0.3) is 0 Å². The number of benzene rings is 2. The summed E-state index contributed by atoms with van der Waals surface area (Å²) in [6.45, 7) is 0.632. The highest BCUT2D eigenvalue weighted by molar-refractivity contribution is 7.99. The Morgan fingerprint density at radius 1 is 1.26 bits per heavy atom. The zero-order valence-electron chi connectivity index (χ0n) is 10.3. The molecule has 2 N–H and O–H groups in total. The second-order valence-electron chi connectivity index (χ2n) is 4.55. The monoisotopic (exact) mass is 291 g/mol. The molecule has 2 aromatic carbocycles. The minimum Gasteiger partial charge on any atom is -0.491 e. The minimum absolute atomic E-state index is 0.415. The molecule has 0 saturated heterocycles. The summed E-state index contributed by atoms with van der Waals surface area (Å²) in [5.41, 5.74) is 7.78. The van der Waals surface area contributed by atoms with E-state index in [1.165, 1.54) is 10.5 Å². The predicted molar refractivity (Wildman–Crippen MR) is 81.3 cm³/mol. The van der Waals surface area contributed by atoms with E-state index in [-0.39, 0.29) is 0 Å². The quantitative estimate of drug-likeness (QED) is 0.861. The Balaban J connectivity index is 1.72. The molecule has 0 aromatic heterocycles. The van der Waals surface area contributed by atoms with Crippen LogP contribution in [0.15, 0.2) is 47.4 Å². The third kappa shape index (κ3) is 2.67. The summed E-state index contributed by atoms with van der Waals surface area (Å²) in [6, 6.07) is 13.8. The van der Waals surface area contributed by atoms with Gasteiger partial charge < -0.3 is 10.5 Å². The van der Waals surface area contributed by atoms with Gasteiger partial charge in [0.15, 0.2) is 0 Å². The van der Waals surface area contributed by atoms with E-state index in [4.69, 9.17) is 22.1 Å². The van der Waals surface area contributed by atoms with Crippen molar-refractivity contribution in [3.8, 4) is 5.75 Å². The molecule has 0 spiro atoms. The van der Waals surface area contributed by atoms with E-state index in [1.807, 2.05) is 11.8 Å². The first-order chi connectivity index (χ1) is 9.24. The summed E-state index contributed by atoms with van der Waals surface area (Å²) in [5, 5.41) is 0.605. The highest BCUT2D eigenvalue weighted by Gasteiger charge is 2.23. The van der Waals surface area contributed by atoms with Gasteiger partial charge in [0.25, 0.3) is 0 Å². The van der Waals surface area contributed by atoms with Gasteiger partial charge in [-0.15, -0.1) is 11.8 Å². The van der Waals surface area contributed by atoms with Crippen molar-refractivity contribution in [1.82, 2.24) is 0 Å². The van der Waals surface area contributed by atoms with Crippen molar-refractivity contribution in [2.45, 2.75) is 10.8 Å². The number of anilines is 1. The molecule has 0 radical (unpaired) electrons. The first-order valence-electron chi connectivity index (χ1n) is 6.13. The molecule has 0 bridgehead atoms. The van der Waals surface area contributed by atoms with E-state index in [0.29, 0.717) is 29.0 Å². The second kappa shape index (κ2) is 5.35. The molecule has 1 unspecified atom stereocenters. The molecule has 19 heavy (non-hydrogen) atoms. The molecule has 1 aliphatic rings. The van der Waals surface area contributed by atoms with Crippen LogP contribution in [0, 0.1) is 0 Å². The molecule has 0 fully saturated rings. The molecule has 2 aromatic rings. The number of fused-ring (bicyclic) bond motifs is 1. The number of ether oxygens (including phenoxy) is 1. The molecule has 4 heteroatoms. The number of nitrogen functional groups attached to an aromatic ring is 1. The van der Waals surface area contributed by atoms with Crippen LogP contribution in [0.5, 0.6) is 5.75 Å². The van der Waals surface area contributed by atoms with Crippen molar-refractivity contribution in [3.05, 3.63) is 53.1 Å². The summed E-state index contributed by atoms with van der Waals surface area (Å²) in [4.78, 5) is 1.36. The Morgan fingerprint density at radius 3 is 3.00 bits per heavy atom. The van der Waals surface area contributed by atoms with Gasteiger partial charge in [-0.05, 0) is 23.8 Å². The largest absolute Gasteiger partial charge is 0.491 e. The summed E-state index contributed by atoms with van der Waals surface area (Å²) >= 11 is 7.98. The molecule has 2 nitrogen and oxygen atoms in total. The van der Waals surface area contributed by atoms with Crippen LogP contribution in [-0.4, -0.2) is 12.4 Å². The molecule has 1 heterocycles. The zero-order valence-corrected chi connectivity index (χ0v) is 11.9. The molecular formula is C15H14ClNOS. The van der Waals surface area contributed by atoms with E-state index >= 15 is 0 Å². The summed E-state index contributed by atoms with van der Waals surface area (Å²) in [7, 11) is 0. The maximum atomic E-state index is 6.10. The Kier molecular flexibility index (Phi) is 3.58. The smallest absolute Gasteiger partial charge is 0.139 e. The number of hydrogen-bond donors (Lipinski definition) is 1. The summed E-state index contributed by atoms with van der Waals surface area (Å²) in [5.74, 6) is 2.13. The molecular weight excluding hydrogens is 278 g/mol. The third-order valence-corrected chi connectivity index (χ3v) is 4.76. The Labute approximate surface area is 121 Å². The lowest BCUT2D eigenvalue weighted by molar-refractivity contribution is 0.298. The van der Waals surface area contributed by atoms with E-state index < -0.39 is 0 Å². The van der Waals surface area contributed by atoms with Gasteiger partial charge in [0, 0.05) is 28.3 Å². The first-order valence-corrected chi connectivity index (χ1v) is 7.50. The fourth-order valence-corrected chi connectivity index (χ4v) is 3.59. The highest BCUT2D eigenvalue weighted by atomic mass is 35.5. The second-order valence-corrected chi connectivity index (χ2v) is 6.02. The van der Waals surface area contributed by atoms with Crippen LogP contribution in [0.1, 0.15) is 11.5 Å². The minimum atomic E-state index is 0.415. The van der Waals surface area contributed by atoms with Crippen molar-refractivity contribution in [2.24, 2.45) is 0 Å². The average molecular weight is 292 g/mol. The molecule has 1 atom stereocenters. The number of hydrogen-bond acceptors (Lipinski definition) is 3. The van der Waals surface area contributed by atoms with Crippen molar-refractivity contribution in [1.29, 1.82) is 0 Å². The van der Waals surface area contributed by atoms with Crippen molar-refractivity contribution in [2.75, 3.05) is 18.1 Å². The predicted octanol–water partition coefficient (Wildman–Crippen LogP) is 4.19. The van der Waals surface area contributed by atoms with Crippen molar-refractivity contribution in [3.63, 3.8) is 0 Å². The van der Waals surface area contributed by atoms with Crippen molar-refractivity contribution >= 4 is 29.1 Å². The Bertz CT molecular complexity index is 602. The number of rotatable bonds is 3. The van der Waals surface area contributed by atoms with Gasteiger partial charge >= 0.3 is 0 Å². The number of thioether (sulfide) groups is 1. The zero-order chi connectivity index (χ0) is 13.2. The standard InChI is InChI=1S/C15H14ClNOS/c16-13-6-5-11(17)7-14(13)18-8-10-9-19-15-4-2-1-3-12(10)15/h1-7,10H,8-9,17H2. The fourth-order valence-electron chi connectivity index (χ4n) is 2.19. The Hall–Kier alpha value is -1.32. The molecule has 0 aliphatic carbocycles. The van der Waals surface area contributed by atoms with Crippen LogP contribution in [-0.2, 0) is 0 Å². The van der Waals surface area contributed by atoms with E-state index in [9.17, 15) is 0 Å². The average Bonchev–Trinajstić information content (AvgIpc) is 2.83. The topological polar surface area (TPSA) is 35.2 Å². The normalized spacial score (nSPS) is 17.2. The van der Waals surface area contributed by atoms with Crippen LogP contribution >= 0.6 is 23.4 Å². The van der Waals surface area contributed by atoms with Crippen LogP contribution in [0.2, 0.25) is 5.02 Å². The summed E-state index contributed by atoms with van der Waals surface area (Å²) in [6.07, 6.45) is 0. The molecule has 1 aliphatic heterocycles. The number of halogens is 1. The van der Waals surface area contributed by atoms with Gasteiger partial charge in [-0.3, -0.25) is 0 Å². The fraction of sp³-hybridized carbons (Fsp3) is 0.200. The van der Waals surface area contributed by atoms with E-state index in [2.05, 4.69) is 24.3 Å². The van der Waals surface area contributed by atoms with Crippen LogP contribution < -0.4 is 10.5 Å². The maximum Gasteiger partial charge on any atom is 0.139 e. The van der Waals surface area contributed by atoms with Gasteiger partial charge in [0.2, 0.25) is 0 Å². The lowest BCUT2D eigenvalue weighted by Gasteiger charge is -2.14. The highest BCUT2D eigenvalue weighted by Crippen LogP contribution is 2.39. The molecule has 3 rings (SSSR count). The van der Waals surface area contributed by atoms with Crippen LogP contribution in [0.3, 0.4) is 0 Å². The van der Waals surface area contributed by atoms with E-state index in [1.54, 1.807) is 18.2 Å².